The number of alkyl carbamates (subject to hydrolysis) is 1. The van der Waals surface area contributed by atoms with Crippen LogP contribution in [0.2, 0.25) is 0 Å². The van der Waals surface area contributed by atoms with E-state index in [4.69, 9.17) is 10.5 Å². The minimum atomic E-state index is -0.446. The first-order valence-corrected chi connectivity index (χ1v) is 6.29. The summed E-state index contributed by atoms with van der Waals surface area (Å²) in [6.07, 6.45) is 1.54. The summed E-state index contributed by atoms with van der Waals surface area (Å²) in [6, 6.07) is 0.272. The molecular formula is C12H27N3O2. The lowest BCUT2D eigenvalue weighted by molar-refractivity contribution is 0.0522. The van der Waals surface area contributed by atoms with Gasteiger partial charge in [0.1, 0.15) is 5.60 Å². The van der Waals surface area contributed by atoms with E-state index in [1.807, 2.05) is 20.8 Å². The fourth-order valence-corrected chi connectivity index (χ4v) is 1.29. The molecule has 0 aromatic heterocycles. The van der Waals surface area contributed by atoms with Gasteiger partial charge in [0.15, 0.2) is 0 Å². The maximum Gasteiger partial charge on any atom is 0.407 e. The normalized spacial score (nSPS) is 13.2. The molecule has 1 amide bonds. The fourth-order valence-electron chi connectivity index (χ4n) is 1.29. The Kier molecular flexibility index (Phi) is 7.91. The third-order valence-corrected chi connectivity index (χ3v) is 2.20. The number of hydrogen-bond acceptors (Lipinski definition) is 4. The Morgan fingerprint density at radius 3 is 2.53 bits per heavy atom. The predicted molar refractivity (Wildman–Crippen MR) is 70.0 cm³/mol. The van der Waals surface area contributed by atoms with Crippen molar-refractivity contribution in [1.29, 1.82) is 0 Å². The van der Waals surface area contributed by atoms with Gasteiger partial charge < -0.3 is 21.1 Å². The lowest BCUT2D eigenvalue weighted by atomic mass is 10.2. The summed E-state index contributed by atoms with van der Waals surface area (Å²) in [5, 5.41) is 6.10. The monoisotopic (exact) mass is 245 g/mol. The van der Waals surface area contributed by atoms with Crippen LogP contribution in [0, 0.1) is 0 Å². The molecule has 5 nitrogen and oxygen atoms in total. The van der Waals surface area contributed by atoms with Gasteiger partial charge in [-0.15, -0.1) is 0 Å². The molecule has 0 aliphatic rings. The lowest BCUT2D eigenvalue weighted by Crippen LogP contribution is -2.42. The van der Waals surface area contributed by atoms with Crippen molar-refractivity contribution in [3.8, 4) is 0 Å². The average molecular weight is 245 g/mol. The molecule has 0 spiro atoms. The standard InChI is InChI=1S/C12H27N3O2/c1-5-10(14-8-6-7-13)9-15-11(16)17-12(2,3)4/h10,14H,5-9,13H2,1-4H3,(H,15,16). The number of nitrogens with two attached hydrogens (primary N) is 1. The zero-order valence-electron chi connectivity index (χ0n) is 11.5. The molecule has 0 heterocycles. The second-order valence-corrected chi connectivity index (χ2v) is 5.08. The van der Waals surface area contributed by atoms with Gasteiger partial charge in [-0.25, -0.2) is 4.79 Å². The van der Waals surface area contributed by atoms with Crippen LogP contribution in [0.1, 0.15) is 40.5 Å². The molecule has 4 N–H and O–H groups in total. The van der Waals surface area contributed by atoms with Crippen LogP contribution in [0.5, 0.6) is 0 Å². The SMILES string of the molecule is CCC(CNC(=O)OC(C)(C)C)NCCCN. The molecule has 0 aliphatic heterocycles. The Morgan fingerprint density at radius 1 is 1.41 bits per heavy atom. The maximum atomic E-state index is 11.4. The van der Waals surface area contributed by atoms with Crippen LogP contribution in [0.3, 0.4) is 0 Å². The topological polar surface area (TPSA) is 76.4 Å². The number of carbonyl (C=O) groups is 1. The van der Waals surface area contributed by atoms with E-state index in [0.717, 1.165) is 19.4 Å². The van der Waals surface area contributed by atoms with E-state index >= 15 is 0 Å². The van der Waals surface area contributed by atoms with Gasteiger partial charge in [-0.2, -0.15) is 0 Å². The number of amides is 1. The van der Waals surface area contributed by atoms with Crippen molar-refractivity contribution in [2.24, 2.45) is 5.73 Å². The van der Waals surface area contributed by atoms with E-state index in [-0.39, 0.29) is 12.1 Å². The molecule has 0 aliphatic carbocycles. The molecule has 0 saturated carbocycles. The van der Waals surface area contributed by atoms with Crippen LogP contribution >= 0.6 is 0 Å². The van der Waals surface area contributed by atoms with Gasteiger partial charge in [0, 0.05) is 12.6 Å². The summed E-state index contributed by atoms with van der Waals surface area (Å²) in [7, 11) is 0. The van der Waals surface area contributed by atoms with Crippen molar-refractivity contribution >= 4 is 6.09 Å². The molecule has 5 heteroatoms. The number of ether oxygens (including phenoxy) is 1. The zero-order chi connectivity index (χ0) is 13.3. The lowest BCUT2D eigenvalue weighted by Gasteiger charge is -2.22. The molecular weight excluding hydrogens is 218 g/mol. The minimum Gasteiger partial charge on any atom is -0.444 e. The third kappa shape index (κ3) is 10.1. The van der Waals surface area contributed by atoms with Gasteiger partial charge >= 0.3 is 6.09 Å². The molecule has 1 unspecified atom stereocenters. The molecule has 17 heavy (non-hydrogen) atoms. The Hall–Kier alpha value is -0.810. The van der Waals surface area contributed by atoms with Crippen LogP contribution in [-0.2, 0) is 4.74 Å². The van der Waals surface area contributed by atoms with Crippen LogP contribution < -0.4 is 16.4 Å². The van der Waals surface area contributed by atoms with E-state index in [2.05, 4.69) is 17.6 Å². The van der Waals surface area contributed by atoms with Gasteiger partial charge in [0.25, 0.3) is 0 Å². The van der Waals surface area contributed by atoms with Crippen molar-refractivity contribution in [3.63, 3.8) is 0 Å². The molecule has 0 bridgehead atoms. The minimum absolute atomic E-state index is 0.272. The molecule has 0 aromatic carbocycles. The number of carbonyl (C=O) groups excluding carboxylic acids is 1. The first-order valence-electron chi connectivity index (χ1n) is 6.29. The largest absolute Gasteiger partial charge is 0.444 e. The van der Waals surface area contributed by atoms with Gasteiger partial charge in [-0.05, 0) is 46.7 Å². The first kappa shape index (κ1) is 16.2. The van der Waals surface area contributed by atoms with Crippen LogP contribution in [0.15, 0.2) is 0 Å². The number of rotatable bonds is 7. The zero-order valence-corrected chi connectivity index (χ0v) is 11.5. The molecule has 0 saturated heterocycles. The van der Waals surface area contributed by atoms with Crippen molar-refractivity contribution < 1.29 is 9.53 Å². The molecule has 102 valence electrons. The Balaban J connectivity index is 3.78. The van der Waals surface area contributed by atoms with Gasteiger partial charge in [-0.1, -0.05) is 6.92 Å². The number of hydrogen-bond donors (Lipinski definition) is 3. The molecule has 0 fully saturated rings. The molecule has 1 atom stereocenters. The van der Waals surface area contributed by atoms with E-state index in [1.54, 1.807) is 0 Å². The highest BCUT2D eigenvalue weighted by Gasteiger charge is 2.16. The summed E-state index contributed by atoms with van der Waals surface area (Å²) in [6.45, 7) is 9.77. The van der Waals surface area contributed by atoms with Crippen molar-refractivity contribution in [2.45, 2.75) is 52.2 Å². The Bertz CT molecular complexity index is 214. The fraction of sp³-hybridized carbons (Fsp3) is 0.917. The third-order valence-electron chi connectivity index (χ3n) is 2.20. The van der Waals surface area contributed by atoms with Crippen LogP contribution in [-0.4, -0.2) is 37.4 Å². The summed E-state index contributed by atoms with van der Waals surface area (Å²) < 4.78 is 5.16. The van der Waals surface area contributed by atoms with Crippen molar-refractivity contribution in [1.82, 2.24) is 10.6 Å². The van der Waals surface area contributed by atoms with Crippen LogP contribution in [0.4, 0.5) is 4.79 Å². The highest BCUT2D eigenvalue weighted by Crippen LogP contribution is 2.06. The van der Waals surface area contributed by atoms with E-state index in [9.17, 15) is 4.79 Å². The second-order valence-electron chi connectivity index (χ2n) is 5.08. The summed E-state index contributed by atoms with van der Waals surface area (Å²) in [5.74, 6) is 0. The van der Waals surface area contributed by atoms with E-state index < -0.39 is 5.60 Å². The average Bonchev–Trinajstić information content (AvgIpc) is 2.20. The molecule has 0 aromatic rings. The number of nitrogens with one attached hydrogen (secondary N) is 2. The van der Waals surface area contributed by atoms with Crippen LogP contribution in [0.25, 0.3) is 0 Å². The highest BCUT2D eigenvalue weighted by molar-refractivity contribution is 5.67. The Labute approximate surface area is 104 Å². The second kappa shape index (κ2) is 8.31. The van der Waals surface area contributed by atoms with Gasteiger partial charge in [0.05, 0.1) is 0 Å². The smallest absolute Gasteiger partial charge is 0.407 e. The summed E-state index contributed by atoms with van der Waals surface area (Å²) in [4.78, 5) is 11.4. The maximum absolute atomic E-state index is 11.4. The van der Waals surface area contributed by atoms with Crippen molar-refractivity contribution in [2.75, 3.05) is 19.6 Å². The summed E-state index contributed by atoms with van der Waals surface area (Å²) in [5.41, 5.74) is 4.97. The van der Waals surface area contributed by atoms with Gasteiger partial charge in [0.2, 0.25) is 0 Å². The van der Waals surface area contributed by atoms with Crippen molar-refractivity contribution in [3.05, 3.63) is 0 Å². The highest BCUT2D eigenvalue weighted by atomic mass is 16.6. The van der Waals surface area contributed by atoms with E-state index in [0.29, 0.717) is 13.1 Å². The van der Waals surface area contributed by atoms with E-state index in [1.165, 1.54) is 0 Å². The summed E-state index contributed by atoms with van der Waals surface area (Å²) >= 11 is 0. The Morgan fingerprint density at radius 2 is 2.06 bits per heavy atom. The van der Waals surface area contributed by atoms with Gasteiger partial charge in [-0.3, -0.25) is 0 Å². The predicted octanol–water partition coefficient (Wildman–Crippen LogP) is 1.23. The molecule has 0 rings (SSSR count). The molecule has 0 radical (unpaired) electrons. The quantitative estimate of drug-likeness (QED) is 0.590. The first-order chi connectivity index (χ1) is 7.89.